The van der Waals surface area contributed by atoms with Gasteiger partial charge in [0.15, 0.2) is 17.1 Å². The summed E-state index contributed by atoms with van der Waals surface area (Å²) in [4.78, 5) is 56.8. The number of anilines is 1. The molecule has 0 bridgehead atoms. The van der Waals surface area contributed by atoms with E-state index in [2.05, 4.69) is 10.3 Å². The van der Waals surface area contributed by atoms with E-state index in [1.807, 2.05) is 0 Å². The molecule has 0 aliphatic heterocycles. The van der Waals surface area contributed by atoms with Crippen LogP contribution in [0.1, 0.15) is 28.0 Å². The summed E-state index contributed by atoms with van der Waals surface area (Å²) in [6.45, 7) is 0. The predicted octanol–water partition coefficient (Wildman–Crippen LogP) is 1.59. The van der Waals surface area contributed by atoms with Gasteiger partial charge in [-0.1, -0.05) is 6.07 Å². The molecule has 0 radical (unpaired) electrons. The van der Waals surface area contributed by atoms with Crippen molar-refractivity contribution in [3.8, 4) is 5.75 Å². The van der Waals surface area contributed by atoms with E-state index in [-0.39, 0.29) is 48.9 Å². The van der Waals surface area contributed by atoms with Crippen LogP contribution in [0.5, 0.6) is 5.75 Å². The fourth-order valence-corrected chi connectivity index (χ4v) is 6.04. The van der Waals surface area contributed by atoms with Crippen molar-refractivity contribution in [2.75, 3.05) is 19.4 Å². The number of aromatic nitrogens is 1. The second-order valence-corrected chi connectivity index (χ2v) is 10.2. The summed E-state index contributed by atoms with van der Waals surface area (Å²) in [6.07, 6.45) is 0.963. The van der Waals surface area contributed by atoms with E-state index in [0.29, 0.717) is 0 Å². The maximum Gasteiger partial charge on any atom is 0.274 e. The zero-order valence-corrected chi connectivity index (χ0v) is 23.8. The van der Waals surface area contributed by atoms with Crippen LogP contribution in [0.4, 0.5) is 10.1 Å². The molecule has 3 aliphatic carbocycles. The molecule has 0 saturated heterocycles. The molecule has 2 aromatic rings. The summed E-state index contributed by atoms with van der Waals surface area (Å²) >= 11 is 0. The van der Waals surface area contributed by atoms with E-state index in [9.17, 15) is 39.6 Å². The van der Waals surface area contributed by atoms with E-state index >= 15 is 4.39 Å². The summed E-state index contributed by atoms with van der Waals surface area (Å²) < 4.78 is 15.4. The van der Waals surface area contributed by atoms with Crippen LogP contribution in [0.2, 0.25) is 0 Å². The van der Waals surface area contributed by atoms with Crippen LogP contribution in [0, 0.1) is 17.7 Å². The number of aromatic hydroxyl groups is 1. The van der Waals surface area contributed by atoms with Gasteiger partial charge in [0.1, 0.15) is 28.6 Å². The molecular formula is C27H27Cl2FN4O8. The average Bonchev–Trinajstić information content (AvgIpc) is 2.89. The second-order valence-electron chi connectivity index (χ2n) is 10.2. The van der Waals surface area contributed by atoms with Gasteiger partial charge in [0.2, 0.25) is 5.78 Å². The maximum absolute atomic E-state index is 15.4. The normalized spacial score (nSPS) is 24.6. The number of pyridine rings is 1. The lowest BCUT2D eigenvalue weighted by Gasteiger charge is -2.50. The van der Waals surface area contributed by atoms with Gasteiger partial charge in [-0.05, 0) is 45.0 Å². The number of halogens is 3. The highest BCUT2D eigenvalue weighted by Crippen LogP contribution is 2.53. The first-order valence-corrected chi connectivity index (χ1v) is 12.2. The minimum absolute atomic E-state index is 0. The summed E-state index contributed by atoms with van der Waals surface area (Å²) in [5.74, 6) is -10.2. The highest BCUT2D eigenvalue weighted by molar-refractivity contribution is 6.24. The number of rotatable bonds is 4. The molecule has 0 spiro atoms. The number of phenols is 1. The lowest BCUT2D eigenvalue weighted by atomic mass is 9.57. The Morgan fingerprint density at radius 3 is 2.40 bits per heavy atom. The predicted molar refractivity (Wildman–Crippen MR) is 151 cm³/mol. The zero-order valence-electron chi connectivity index (χ0n) is 22.1. The molecule has 42 heavy (non-hydrogen) atoms. The fourth-order valence-electron chi connectivity index (χ4n) is 6.04. The maximum atomic E-state index is 15.4. The molecule has 224 valence electrons. The molecule has 4 atom stereocenters. The van der Waals surface area contributed by atoms with Gasteiger partial charge in [-0.3, -0.25) is 29.1 Å². The number of phenolic OH excluding ortho intramolecular Hbond substituents is 1. The fraction of sp³-hybridized carbons (Fsp3) is 0.296. The number of carbonyl (C=O) groups excluding carboxylic acids is 4. The molecule has 3 aliphatic rings. The first kappa shape index (κ1) is 32.5. The summed E-state index contributed by atoms with van der Waals surface area (Å²) in [5.41, 5.74) is 0.0371. The van der Waals surface area contributed by atoms with Gasteiger partial charge < -0.3 is 31.5 Å². The topological polar surface area (TPSA) is 203 Å². The molecule has 15 heteroatoms. The Hall–Kier alpha value is -4.04. The Labute approximate surface area is 250 Å². The minimum Gasteiger partial charge on any atom is -0.508 e. The van der Waals surface area contributed by atoms with Gasteiger partial charge in [0, 0.05) is 29.3 Å². The first-order chi connectivity index (χ1) is 18.8. The van der Waals surface area contributed by atoms with Crippen LogP contribution < -0.4 is 11.1 Å². The monoisotopic (exact) mass is 624 g/mol. The largest absolute Gasteiger partial charge is 0.508 e. The smallest absolute Gasteiger partial charge is 0.274 e. The Bertz CT molecular complexity index is 1580. The second kappa shape index (κ2) is 11.3. The summed E-state index contributed by atoms with van der Waals surface area (Å²) in [6, 6.07) is 4.13. The number of nitrogens with zero attached hydrogens (tertiary/aromatic N) is 2. The average molecular weight is 625 g/mol. The number of aliphatic hydroxyl groups excluding tert-OH is 2. The third kappa shape index (κ3) is 4.58. The molecule has 12 nitrogen and oxygen atoms in total. The molecule has 5 rings (SSSR count). The molecule has 1 fully saturated rings. The Balaban J connectivity index is 0.00000242. The number of nitrogens with two attached hydrogens (primary N) is 1. The molecule has 1 heterocycles. The Morgan fingerprint density at radius 2 is 1.83 bits per heavy atom. The number of primary amides is 1. The minimum atomic E-state index is -2.82. The molecular weight excluding hydrogens is 598 g/mol. The van der Waals surface area contributed by atoms with Crippen molar-refractivity contribution in [1.82, 2.24) is 9.88 Å². The SMILES string of the molecule is CN(C)[C@@H]1C(=O)C(C(N)=O)=C(O)[C@@]2(O)C(=O)C3=C(O)c4c(O)c(NC(=O)c5ccccn5)cc(F)c4C[C@H]3C[C@@H]12.Cl.Cl. The molecule has 1 aromatic carbocycles. The van der Waals surface area contributed by atoms with Crippen LogP contribution >= 0.6 is 24.8 Å². The van der Waals surface area contributed by atoms with E-state index in [1.54, 1.807) is 12.1 Å². The lowest BCUT2D eigenvalue weighted by molar-refractivity contribution is -0.153. The molecule has 1 aromatic heterocycles. The van der Waals surface area contributed by atoms with Crippen molar-refractivity contribution in [3.05, 3.63) is 70.0 Å². The number of nitrogens with one attached hydrogen (secondary N) is 1. The number of aliphatic hydroxyl groups is 3. The third-order valence-electron chi connectivity index (χ3n) is 7.81. The van der Waals surface area contributed by atoms with Gasteiger partial charge in [-0.2, -0.15) is 0 Å². The Morgan fingerprint density at radius 1 is 1.17 bits per heavy atom. The van der Waals surface area contributed by atoms with E-state index in [1.165, 1.54) is 31.3 Å². The van der Waals surface area contributed by atoms with Gasteiger partial charge >= 0.3 is 0 Å². The number of carbonyl (C=O) groups is 4. The molecule has 7 N–H and O–H groups in total. The number of Topliss-reactive ketones (excluding diaryl/α,β-unsaturated/α-hetero) is 2. The van der Waals surface area contributed by atoms with Gasteiger partial charge in [0.05, 0.1) is 17.3 Å². The molecule has 1 saturated carbocycles. The number of likely N-dealkylation sites (N-methyl/N-ethyl adjacent to an activating group) is 1. The highest BCUT2D eigenvalue weighted by atomic mass is 35.5. The standard InChI is InChI=1S/C27H25FN4O8.2ClH/c1-32(2)19-12-8-10-7-11-13(28)9-15(31-26(39)14-5-3-4-6-30-14)20(33)17(11)21(34)16(10)23(36)27(12,40)24(37)18(22(19)35)25(29)38;;/h3-6,9-10,12,19,33-34,37,40H,7-8H2,1-2H3,(H2,29,38)(H,31,39);2*1H/t10-,12-,19-,27-;;/m0../s1. The number of hydrogen-bond acceptors (Lipinski definition) is 10. The van der Waals surface area contributed by atoms with Crippen molar-refractivity contribution in [1.29, 1.82) is 0 Å². The van der Waals surface area contributed by atoms with Crippen molar-refractivity contribution in [2.24, 2.45) is 17.6 Å². The van der Waals surface area contributed by atoms with Gasteiger partial charge in [-0.15, -0.1) is 24.8 Å². The first-order valence-electron chi connectivity index (χ1n) is 12.2. The number of hydrogen-bond donors (Lipinski definition) is 6. The summed E-state index contributed by atoms with van der Waals surface area (Å²) in [5, 5.41) is 47.0. The summed E-state index contributed by atoms with van der Waals surface area (Å²) in [7, 11) is 2.96. The number of fused-ring (bicyclic) bond motifs is 3. The number of amides is 2. The lowest BCUT2D eigenvalue weighted by Crippen LogP contribution is -2.65. The van der Waals surface area contributed by atoms with E-state index in [4.69, 9.17) is 5.73 Å². The van der Waals surface area contributed by atoms with Crippen molar-refractivity contribution >= 4 is 59.6 Å². The van der Waals surface area contributed by atoms with Gasteiger partial charge in [-0.25, -0.2) is 4.39 Å². The van der Waals surface area contributed by atoms with Crippen molar-refractivity contribution in [3.63, 3.8) is 0 Å². The Kier molecular flexibility index (Phi) is 8.76. The van der Waals surface area contributed by atoms with Crippen LogP contribution in [0.25, 0.3) is 5.76 Å². The van der Waals surface area contributed by atoms with Crippen molar-refractivity contribution in [2.45, 2.75) is 24.5 Å². The van der Waals surface area contributed by atoms with Crippen LogP contribution in [-0.2, 0) is 20.8 Å². The van der Waals surface area contributed by atoms with E-state index in [0.717, 1.165) is 6.07 Å². The van der Waals surface area contributed by atoms with Crippen LogP contribution in [-0.4, -0.2) is 79.4 Å². The van der Waals surface area contributed by atoms with E-state index < -0.39 is 92.3 Å². The van der Waals surface area contributed by atoms with Crippen LogP contribution in [0.3, 0.4) is 0 Å². The molecule has 0 unspecified atom stereocenters. The van der Waals surface area contributed by atoms with Gasteiger partial charge in [0.25, 0.3) is 11.8 Å². The number of benzene rings is 1. The van der Waals surface area contributed by atoms with Crippen molar-refractivity contribution < 1.29 is 44.0 Å². The third-order valence-corrected chi connectivity index (χ3v) is 7.81. The highest BCUT2D eigenvalue weighted by Gasteiger charge is 2.64. The quantitative estimate of drug-likeness (QED) is 0.214. The zero-order chi connectivity index (χ0) is 29.3. The van der Waals surface area contributed by atoms with Crippen LogP contribution in [0.15, 0.2) is 47.4 Å². The number of ketones is 2. The molecule has 2 amide bonds.